The Balaban J connectivity index is 1.96. The topological polar surface area (TPSA) is 73.9 Å². The number of hydrogen-bond acceptors (Lipinski definition) is 5. The molecule has 0 spiro atoms. The molecule has 6 nitrogen and oxygen atoms in total. The van der Waals surface area contributed by atoms with Crippen molar-refractivity contribution >= 4 is 21.6 Å². The fourth-order valence-corrected chi connectivity index (χ4v) is 3.49. The van der Waals surface area contributed by atoms with Gasteiger partial charge in [-0.15, -0.1) is 0 Å². The summed E-state index contributed by atoms with van der Waals surface area (Å²) in [5.74, 6) is 1.57. The highest BCUT2D eigenvalue weighted by Crippen LogP contribution is 2.28. The van der Waals surface area contributed by atoms with Gasteiger partial charge in [0, 0.05) is 6.54 Å². The van der Waals surface area contributed by atoms with Crippen molar-refractivity contribution in [3.05, 3.63) is 47.0 Å². The Morgan fingerprint density at radius 1 is 1.00 bits per heavy atom. The third kappa shape index (κ3) is 5.01. The molecule has 2 rings (SSSR count). The van der Waals surface area contributed by atoms with Gasteiger partial charge in [0.1, 0.15) is 12.4 Å². The summed E-state index contributed by atoms with van der Waals surface area (Å²) in [6, 6.07) is 9.79. The van der Waals surface area contributed by atoms with Crippen molar-refractivity contribution < 1.29 is 22.6 Å². The maximum atomic E-state index is 12.3. The second kappa shape index (κ2) is 8.42. The van der Waals surface area contributed by atoms with E-state index in [0.717, 1.165) is 5.56 Å². The van der Waals surface area contributed by atoms with E-state index < -0.39 is 10.0 Å². The van der Waals surface area contributed by atoms with Crippen LogP contribution in [0.25, 0.3) is 0 Å². The molecule has 0 saturated heterocycles. The Hall–Kier alpha value is -1.96. The SMILES string of the molecule is COc1ccc(S(=O)(=O)NCCOc2ccc(C)cc2OC)cc1Cl. The summed E-state index contributed by atoms with van der Waals surface area (Å²) in [7, 11) is -0.670. The Bertz CT molecular complexity index is 839. The molecule has 0 heterocycles. The van der Waals surface area contributed by atoms with Crippen molar-refractivity contribution in [3.63, 3.8) is 0 Å². The monoisotopic (exact) mass is 385 g/mol. The van der Waals surface area contributed by atoms with Gasteiger partial charge in [0.15, 0.2) is 11.5 Å². The van der Waals surface area contributed by atoms with Crippen LogP contribution in [0.3, 0.4) is 0 Å². The predicted molar refractivity (Wildman–Crippen MR) is 96.4 cm³/mol. The first-order valence-corrected chi connectivity index (χ1v) is 9.34. The Labute approximate surface area is 152 Å². The largest absolute Gasteiger partial charge is 0.495 e. The van der Waals surface area contributed by atoms with Crippen LogP contribution < -0.4 is 18.9 Å². The summed E-state index contributed by atoms with van der Waals surface area (Å²) >= 11 is 5.97. The Morgan fingerprint density at radius 2 is 1.68 bits per heavy atom. The molecule has 0 radical (unpaired) electrons. The van der Waals surface area contributed by atoms with Gasteiger partial charge in [-0.1, -0.05) is 17.7 Å². The highest BCUT2D eigenvalue weighted by Gasteiger charge is 2.15. The fourth-order valence-electron chi connectivity index (χ4n) is 2.13. The molecule has 0 bridgehead atoms. The quantitative estimate of drug-likeness (QED) is 0.707. The minimum Gasteiger partial charge on any atom is -0.495 e. The molecule has 0 saturated carbocycles. The summed E-state index contributed by atoms with van der Waals surface area (Å²) in [6.45, 7) is 2.20. The van der Waals surface area contributed by atoms with E-state index in [1.807, 2.05) is 19.1 Å². The molecule has 0 aliphatic rings. The van der Waals surface area contributed by atoms with Gasteiger partial charge in [0.25, 0.3) is 0 Å². The molecule has 136 valence electrons. The number of ether oxygens (including phenoxy) is 3. The van der Waals surface area contributed by atoms with E-state index in [9.17, 15) is 8.42 Å². The molecular weight excluding hydrogens is 366 g/mol. The van der Waals surface area contributed by atoms with Crippen LogP contribution in [0.5, 0.6) is 17.2 Å². The molecule has 0 unspecified atom stereocenters. The van der Waals surface area contributed by atoms with E-state index in [2.05, 4.69) is 4.72 Å². The maximum Gasteiger partial charge on any atom is 0.240 e. The zero-order valence-corrected chi connectivity index (χ0v) is 15.8. The number of nitrogens with one attached hydrogen (secondary N) is 1. The summed E-state index contributed by atoms with van der Waals surface area (Å²) < 4.78 is 42.8. The highest BCUT2D eigenvalue weighted by molar-refractivity contribution is 7.89. The lowest BCUT2D eigenvalue weighted by Crippen LogP contribution is -2.28. The van der Waals surface area contributed by atoms with E-state index >= 15 is 0 Å². The zero-order chi connectivity index (χ0) is 18.4. The average Bonchev–Trinajstić information content (AvgIpc) is 2.59. The summed E-state index contributed by atoms with van der Waals surface area (Å²) in [4.78, 5) is 0.0613. The number of rotatable bonds is 8. The van der Waals surface area contributed by atoms with E-state index in [1.54, 1.807) is 13.2 Å². The van der Waals surface area contributed by atoms with Gasteiger partial charge in [-0.25, -0.2) is 13.1 Å². The molecule has 2 aromatic carbocycles. The van der Waals surface area contributed by atoms with Crippen molar-refractivity contribution in [2.24, 2.45) is 0 Å². The second-order valence-corrected chi connectivity index (χ2v) is 7.37. The van der Waals surface area contributed by atoms with Crippen LogP contribution in [-0.4, -0.2) is 35.8 Å². The predicted octanol–water partition coefficient (Wildman–Crippen LogP) is 3.02. The first-order valence-electron chi connectivity index (χ1n) is 7.48. The van der Waals surface area contributed by atoms with E-state index in [0.29, 0.717) is 17.2 Å². The van der Waals surface area contributed by atoms with Gasteiger partial charge in [-0.05, 0) is 42.8 Å². The Kier molecular flexibility index (Phi) is 6.52. The smallest absolute Gasteiger partial charge is 0.240 e. The van der Waals surface area contributed by atoms with E-state index in [1.165, 1.54) is 25.3 Å². The van der Waals surface area contributed by atoms with Gasteiger partial charge in [0.05, 0.1) is 24.1 Å². The number of aryl methyl sites for hydroxylation is 1. The van der Waals surface area contributed by atoms with Crippen LogP contribution in [0.1, 0.15) is 5.56 Å². The van der Waals surface area contributed by atoms with Crippen LogP contribution in [0, 0.1) is 6.92 Å². The average molecular weight is 386 g/mol. The highest BCUT2D eigenvalue weighted by atomic mass is 35.5. The van der Waals surface area contributed by atoms with Crippen molar-refractivity contribution in [3.8, 4) is 17.2 Å². The number of methoxy groups -OCH3 is 2. The first kappa shape index (κ1) is 19.4. The van der Waals surface area contributed by atoms with E-state index in [-0.39, 0.29) is 23.1 Å². The summed E-state index contributed by atoms with van der Waals surface area (Å²) in [6.07, 6.45) is 0. The van der Waals surface area contributed by atoms with Crippen molar-refractivity contribution in [2.75, 3.05) is 27.4 Å². The summed E-state index contributed by atoms with van der Waals surface area (Å²) in [5.41, 5.74) is 1.04. The van der Waals surface area contributed by atoms with Crippen molar-refractivity contribution in [1.82, 2.24) is 4.72 Å². The minimum absolute atomic E-state index is 0.0613. The lowest BCUT2D eigenvalue weighted by Gasteiger charge is -2.12. The van der Waals surface area contributed by atoms with Crippen LogP contribution in [-0.2, 0) is 10.0 Å². The van der Waals surface area contributed by atoms with Gasteiger partial charge in [-0.3, -0.25) is 0 Å². The van der Waals surface area contributed by atoms with Gasteiger partial charge >= 0.3 is 0 Å². The third-order valence-corrected chi connectivity index (χ3v) is 5.16. The lowest BCUT2D eigenvalue weighted by molar-refractivity contribution is 0.298. The molecule has 0 atom stereocenters. The molecule has 25 heavy (non-hydrogen) atoms. The molecule has 0 aliphatic heterocycles. The molecule has 0 aromatic heterocycles. The standard InChI is InChI=1S/C17H20ClNO5S/c1-12-4-6-16(17(10-12)23-3)24-9-8-19-25(20,21)13-5-7-15(22-2)14(18)11-13/h4-7,10-11,19H,8-9H2,1-3H3. The molecule has 1 N–H and O–H groups in total. The van der Waals surface area contributed by atoms with Crippen molar-refractivity contribution in [2.45, 2.75) is 11.8 Å². The number of sulfonamides is 1. The normalized spacial score (nSPS) is 11.2. The minimum atomic E-state index is -3.69. The van der Waals surface area contributed by atoms with Crippen LogP contribution in [0.15, 0.2) is 41.3 Å². The van der Waals surface area contributed by atoms with Crippen LogP contribution in [0.2, 0.25) is 5.02 Å². The molecule has 0 amide bonds. The number of halogens is 1. The van der Waals surface area contributed by atoms with Crippen LogP contribution in [0.4, 0.5) is 0 Å². The zero-order valence-electron chi connectivity index (χ0n) is 14.2. The number of benzene rings is 2. The second-order valence-electron chi connectivity index (χ2n) is 5.20. The molecule has 0 fully saturated rings. The maximum absolute atomic E-state index is 12.3. The molecular formula is C17H20ClNO5S. The molecule has 2 aromatic rings. The lowest BCUT2D eigenvalue weighted by atomic mass is 10.2. The van der Waals surface area contributed by atoms with E-state index in [4.69, 9.17) is 25.8 Å². The molecule has 8 heteroatoms. The van der Waals surface area contributed by atoms with Crippen LogP contribution >= 0.6 is 11.6 Å². The third-order valence-electron chi connectivity index (χ3n) is 3.40. The fraction of sp³-hybridized carbons (Fsp3) is 0.294. The summed E-state index contributed by atoms with van der Waals surface area (Å²) in [5, 5.41) is 0.228. The molecule has 0 aliphatic carbocycles. The first-order chi connectivity index (χ1) is 11.9. The number of hydrogen-bond donors (Lipinski definition) is 1. The van der Waals surface area contributed by atoms with Gasteiger partial charge in [-0.2, -0.15) is 0 Å². The van der Waals surface area contributed by atoms with Gasteiger partial charge < -0.3 is 14.2 Å². The Morgan fingerprint density at radius 3 is 2.32 bits per heavy atom. The van der Waals surface area contributed by atoms with Gasteiger partial charge in [0.2, 0.25) is 10.0 Å². The van der Waals surface area contributed by atoms with Crippen molar-refractivity contribution in [1.29, 1.82) is 0 Å².